The average molecular weight is 545 g/mol. The zero-order chi connectivity index (χ0) is 26.2. The van der Waals surface area contributed by atoms with Gasteiger partial charge in [-0.1, -0.05) is 23.7 Å². The van der Waals surface area contributed by atoms with Crippen LogP contribution in [0, 0.1) is 5.95 Å². The summed E-state index contributed by atoms with van der Waals surface area (Å²) in [5, 5.41) is 0.617. The van der Waals surface area contributed by atoms with Gasteiger partial charge in [0.25, 0.3) is 5.91 Å². The Morgan fingerprint density at radius 1 is 1.19 bits per heavy atom. The second kappa shape index (κ2) is 10.1. The van der Waals surface area contributed by atoms with Gasteiger partial charge in [-0.15, -0.1) is 0 Å². The molecule has 37 heavy (non-hydrogen) atoms. The van der Waals surface area contributed by atoms with Gasteiger partial charge in [-0.05, 0) is 48.0 Å². The molecule has 4 aromatic rings. The van der Waals surface area contributed by atoms with Crippen molar-refractivity contribution in [3.05, 3.63) is 77.5 Å². The number of amides is 1. The van der Waals surface area contributed by atoms with E-state index >= 15 is 0 Å². The van der Waals surface area contributed by atoms with E-state index in [9.17, 15) is 17.6 Å². The number of morpholine rings is 1. The molecule has 3 heterocycles. The Morgan fingerprint density at radius 2 is 1.95 bits per heavy atom. The Balaban J connectivity index is 1.31. The molecule has 1 aliphatic heterocycles. The molecular weight excluding hydrogens is 523 g/mol. The predicted octanol–water partition coefficient (Wildman–Crippen LogP) is 3.59. The summed E-state index contributed by atoms with van der Waals surface area (Å²) in [7, 11) is -4.12. The van der Waals surface area contributed by atoms with Crippen LogP contribution in [0.25, 0.3) is 22.0 Å². The van der Waals surface area contributed by atoms with Crippen molar-refractivity contribution in [2.75, 3.05) is 26.3 Å². The van der Waals surface area contributed by atoms with E-state index in [2.05, 4.69) is 9.97 Å². The quantitative estimate of drug-likeness (QED) is 0.342. The fourth-order valence-corrected chi connectivity index (χ4v) is 6.16. The number of primary amides is 1. The molecule has 1 aliphatic rings. The average Bonchev–Trinajstić information content (AvgIpc) is 3.28. The second-order valence-electron chi connectivity index (χ2n) is 8.44. The van der Waals surface area contributed by atoms with Crippen molar-refractivity contribution >= 4 is 38.4 Å². The number of halogens is 2. The number of H-pyrrole nitrogens is 1. The van der Waals surface area contributed by atoms with Gasteiger partial charge in [0.1, 0.15) is 29.0 Å². The lowest BCUT2D eigenvalue weighted by atomic mass is 10.1. The fourth-order valence-electron chi connectivity index (χ4n) is 4.20. The Morgan fingerprint density at radius 3 is 2.65 bits per heavy atom. The van der Waals surface area contributed by atoms with E-state index in [1.54, 1.807) is 30.3 Å². The molecule has 5 rings (SSSR count). The summed E-state index contributed by atoms with van der Waals surface area (Å²) in [5.41, 5.74) is 7.32. The number of hydrogen-bond acceptors (Lipinski definition) is 6. The van der Waals surface area contributed by atoms with Gasteiger partial charge in [0.15, 0.2) is 0 Å². The largest absolute Gasteiger partial charge is 0.491 e. The maximum absolute atomic E-state index is 13.6. The van der Waals surface area contributed by atoms with Crippen LogP contribution in [-0.2, 0) is 14.8 Å². The van der Waals surface area contributed by atoms with Crippen molar-refractivity contribution in [3.63, 3.8) is 0 Å². The topological polar surface area (TPSA) is 128 Å². The molecule has 192 valence electrons. The number of nitrogens with zero attached hydrogens (tertiary/aromatic N) is 2. The third kappa shape index (κ3) is 5.16. The van der Waals surface area contributed by atoms with Crippen LogP contribution in [-0.4, -0.2) is 61.0 Å². The highest BCUT2D eigenvalue weighted by atomic mass is 35.5. The van der Waals surface area contributed by atoms with Gasteiger partial charge in [-0.25, -0.2) is 13.4 Å². The van der Waals surface area contributed by atoms with Crippen LogP contribution in [0.2, 0.25) is 5.02 Å². The van der Waals surface area contributed by atoms with Crippen LogP contribution in [0.5, 0.6) is 5.75 Å². The number of hydrogen-bond donors (Lipinski definition) is 2. The number of carbonyl (C=O) groups is 1. The van der Waals surface area contributed by atoms with Crippen molar-refractivity contribution in [2.45, 2.75) is 11.0 Å². The van der Waals surface area contributed by atoms with Crippen LogP contribution in [0.4, 0.5) is 4.39 Å². The number of fused-ring (bicyclic) bond motifs is 1. The maximum atomic E-state index is 13.6. The van der Waals surface area contributed by atoms with Gasteiger partial charge >= 0.3 is 0 Å². The van der Waals surface area contributed by atoms with E-state index in [1.165, 1.54) is 22.6 Å². The van der Waals surface area contributed by atoms with Crippen LogP contribution in [0.15, 0.2) is 65.7 Å². The molecule has 0 aliphatic carbocycles. The highest BCUT2D eigenvalue weighted by Crippen LogP contribution is 2.32. The monoisotopic (exact) mass is 544 g/mol. The number of nitrogens with two attached hydrogens (primary N) is 1. The molecule has 0 saturated carbocycles. The number of pyridine rings is 1. The number of rotatable bonds is 7. The van der Waals surface area contributed by atoms with Gasteiger partial charge in [-0.3, -0.25) is 4.79 Å². The third-order valence-corrected chi connectivity index (χ3v) is 8.20. The van der Waals surface area contributed by atoms with Crippen LogP contribution >= 0.6 is 11.6 Å². The zero-order valence-electron chi connectivity index (χ0n) is 19.4. The zero-order valence-corrected chi connectivity index (χ0v) is 20.9. The smallest absolute Gasteiger partial charge is 0.266 e. The summed E-state index contributed by atoms with van der Waals surface area (Å²) in [5.74, 6) is -0.879. The molecule has 2 aromatic carbocycles. The molecule has 2 aromatic heterocycles. The number of carbonyl (C=O) groups excluding carboxylic acids is 1. The second-order valence-corrected chi connectivity index (χ2v) is 10.8. The van der Waals surface area contributed by atoms with Crippen molar-refractivity contribution in [3.8, 4) is 16.9 Å². The van der Waals surface area contributed by atoms with E-state index in [4.69, 9.17) is 26.8 Å². The first-order chi connectivity index (χ1) is 17.7. The summed E-state index contributed by atoms with van der Waals surface area (Å²) in [6.07, 6.45) is 0.900. The van der Waals surface area contributed by atoms with Crippen molar-refractivity contribution < 1.29 is 27.1 Å². The van der Waals surface area contributed by atoms with Gasteiger partial charge in [0.05, 0.1) is 6.61 Å². The summed E-state index contributed by atoms with van der Waals surface area (Å²) < 4.78 is 53.2. The van der Waals surface area contributed by atoms with Crippen LogP contribution in [0.1, 0.15) is 10.5 Å². The Bertz CT molecular complexity index is 1560. The Labute approximate surface area is 217 Å². The fraction of sp³-hybridized carbons (Fsp3) is 0.200. The molecule has 0 bridgehead atoms. The van der Waals surface area contributed by atoms with E-state index in [1.807, 2.05) is 12.1 Å². The number of sulfonamides is 1. The van der Waals surface area contributed by atoms with Crippen molar-refractivity contribution in [1.82, 2.24) is 14.3 Å². The lowest BCUT2D eigenvalue weighted by molar-refractivity contribution is -0.0249. The van der Waals surface area contributed by atoms with E-state index in [0.29, 0.717) is 16.3 Å². The highest BCUT2D eigenvalue weighted by molar-refractivity contribution is 7.89. The Hall–Kier alpha value is -3.51. The lowest BCUT2D eigenvalue weighted by Crippen LogP contribution is -2.47. The minimum Gasteiger partial charge on any atom is -0.491 e. The summed E-state index contributed by atoms with van der Waals surface area (Å²) in [6, 6.07) is 14.7. The third-order valence-electron chi connectivity index (χ3n) is 6.01. The number of aromatic amines is 1. The van der Waals surface area contributed by atoms with Crippen molar-refractivity contribution in [1.29, 1.82) is 0 Å². The van der Waals surface area contributed by atoms with Gasteiger partial charge in [0, 0.05) is 40.8 Å². The van der Waals surface area contributed by atoms with Gasteiger partial charge in [-0.2, -0.15) is 8.70 Å². The molecule has 1 atom stereocenters. The number of benzene rings is 2. The van der Waals surface area contributed by atoms with E-state index < -0.39 is 28.0 Å². The molecule has 1 amide bonds. The maximum Gasteiger partial charge on any atom is 0.266 e. The van der Waals surface area contributed by atoms with Gasteiger partial charge < -0.3 is 20.2 Å². The minimum atomic E-state index is -4.12. The normalized spacial score (nSPS) is 16.6. The van der Waals surface area contributed by atoms with Gasteiger partial charge in [0.2, 0.25) is 16.0 Å². The summed E-state index contributed by atoms with van der Waals surface area (Å²) in [4.78, 5) is 18.3. The van der Waals surface area contributed by atoms with Crippen LogP contribution in [0.3, 0.4) is 0 Å². The summed E-state index contributed by atoms with van der Waals surface area (Å²) in [6.45, 7) is 0.377. The SMILES string of the molecule is NC(=O)c1[nH]c2ccc(Cl)cc2c1S(=O)(=O)N1CCO[C@H](COc2ccc(-c3ccc(F)nc3)cc2)C1. The number of nitrogens with one attached hydrogen (secondary N) is 1. The van der Waals surface area contributed by atoms with E-state index in [0.717, 1.165) is 11.1 Å². The van der Waals surface area contributed by atoms with Crippen LogP contribution < -0.4 is 10.5 Å². The molecular formula is C25H22ClFN4O5S. The number of ether oxygens (including phenoxy) is 2. The molecule has 0 spiro atoms. The molecule has 3 N–H and O–H groups in total. The standard InChI is InChI=1S/C25H22ClFN4O5S/c26-17-4-7-21-20(11-17)24(23(30-21)25(28)32)37(33,34)31-9-10-35-19(13-31)14-36-18-5-1-15(2-6-18)16-3-8-22(27)29-12-16/h1-8,11-12,19,30H,9-10,13-14H2,(H2,28,32)/t19-/m0/s1. The molecule has 1 fully saturated rings. The molecule has 0 unspecified atom stereocenters. The number of aromatic nitrogens is 2. The molecule has 9 nitrogen and oxygen atoms in total. The predicted molar refractivity (Wildman–Crippen MR) is 135 cm³/mol. The Kier molecular flexibility index (Phi) is 6.86. The first kappa shape index (κ1) is 25.2. The van der Waals surface area contributed by atoms with Crippen molar-refractivity contribution in [2.24, 2.45) is 5.73 Å². The summed E-state index contributed by atoms with van der Waals surface area (Å²) >= 11 is 6.10. The van der Waals surface area contributed by atoms with E-state index in [-0.39, 0.29) is 42.3 Å². The molecule has 0 radical (unpaired) electrons. The lowest BCUT2D eigenvalue weighted by Gasteiger charge is -2.32. The first-order valence-electron chi connectivity index (χ1n) is 11.3. The minimum absolute atomic E-state index is 0.0209. The first-order valence-corrected chi connectivity index (χ1v) is 13.1. The molecule has 1 saturated heterocycles. The highest BCUT2D eigenvalue weighted by Gasteiger charge is 2.36. The molecule has 12 heteroatoms.